The van der Waals surface area contributed by atoms with Crippen LogP contribution in [0.15, 0.2) is 53.4 Å². The fraction of sp³-hybridized carbons (Fsp3) is 0.594. The summed E-state index contributed by atoms with van der Waals surface area (Å²) in [5.41, 5.74) is 1.36. The maximum absolute atomic E-state index is 13.6. The van der Waals surface area contributed by atoms with Gasteiger partial charge in [-0.3, -0.25) is 4.79 Å². The number of nitrogens with zero attached hydrogens (tertiary/aromatic N) is 2. The van der Waals surface area contributed by atoms with E-state index < -0.39 is 10.0 Å². The number of hydrogen-bond donors (Lipinski definition) is 1. The number of benzene rings is 2. The first-order valence-corrected chi connectivity index (χ1v) is 16.5. The van der Waals surface area contributed by atoms with Crippen molar-refractivity contribution in [2.45, 2.75) is 61.9 Å². The predicted molar refractivity (Wildman–Crippen MR) is 163 cm³/mol. The highest BCUT2D eigenvalue weighted by Crippen LogP contribution is 2.39. The highest BCUT2D eigenvalue weighted by molar-refractivity contribution is 7.89. The molecule has 0 bridgehead atoms. The van der Waals surface area contributed by atoms with E-state index in [9.17, 15) is 13.2 Å². The van der Waals surface area contributed by atoms with E-state index in [0.717, 1.165) is 38.5 Å². The second-order valence-corrected chi connectivity index (χ2v) is 13.6. The molecule has 2 fully saturated rings. The summed E-state index contributed by atoms with van der Waals surface area (Å²) < 4.78 is 45.1. The average Bonchev–Trinajstić information content (AvgIpc) is 3.01. The number of carbonyl (C=O) groups is 1. The van der Waals surface area contributed by atoms with Gasteiger partial charge in [-0.2, -0.15) is 4.31 Å². The number of carbonyl (C=O) groups excluding carboxylic acids is 1. The summed E-state index contributed by atoms with van der Waals surface area (Å²) in [5.74, 6) is 1.67. The zero-order valence-corrected chi connectivity index (χ0v) is 26.3. The van der Waals surface area contributed by atoms with Crippen LogP contribution in [0.2, 0.25) is 0 Å². The molecule has 1 aliphatic heterocycles. The van der Waals surface area contributed by atoms with Crippen LogP contribution in [0.5, 0.6) is 11.5 Å². The van der Waals surface area contributed by atoms with E-state index in [0.29, 0.717) is 43.1 Å². The van der Waals surface area contributed by atoms with Crippen LogP contribution in [0, 0.1) is 11.8 Å². The highest BCUT2D eigenvalue weighted by atomic mass is 32.2. The Morgan fingerprint density at radius 3 is 2.40 bits per heavy atom. The van der Waals surface area contributed by atoms with E-state index in [1.54, 1.807) is 12.1 Å². The highest BCUT2D eigenvalue weighted by Gasteiger charge is 2.36. The Morgan fingerprint density at radius 2 is 1.74 bits per heavy atom. The van der Waals surface area contributed by atoms with Crippen molar-refractivity contribution in [3.05, 3.63) is 54.1 Å². The Bertz CT molecular complexity index is 1250. The number of amides is 1. The minimum atomic E-state index is -3.82. The third-order valence-electron chi connectivity index (χ3n) is 8.70. The van der Waals surface area contributed by atoms with Crippen LogP contribution in [-0.4, -0.2) is 84.2 Å². The minimum Gasteiger partial charge on any atom is -0.497 e. The lowest BCUT2D eigenvalue weighted by Crippen LogP contribution is -2.46. The first-order valence-electron chi connectivity index (χ1n) is 15.0. The van der Waals surface area contributed by atoms with Crippen molar-refractivity contribution < 1.29 is 27.4 Å². The second kappa shape index (κ2) is 15.2. The van der Waals surface area contributed by atoms with Crippen molar-refractivity contribution in [2.75, 3.05) is 54.6 Å². The number of piperidine rings is 1. The van der Waals surface area contributed by atoms with Crippen LogP contribution in [0.3, 0.4) is 0 Å². The molecule has 1 saturated carbocycles. The van der Waals surface area contributed by atoms with E-state index in [2.05, 4.69) is 54.6 Å². The van der Waals surface area contributed by atoms with Crippen molar-refractivity contribution in [1.82, 2.24) is 14.5 Å². The largest absolute Gasteiger partial charge is 0.497 e. The Kier molecular flexibility index (Phi) is 11.7. The Balaban J connectivity index is 1.24. The zero-order chi connectivity index (χ0) is 30.1. The van der Waals surface area contributed by atoms with Gasteiger partial charge in [0.25, 0.3) is 0 Å². The molecular weight excluding hydrogens is 554 g/mol. The number of sulfonamides is 1. The van der Waals surface area contributed by atoms with Gasteiger partial charge in [0.15, 0.2) is 0 Å². The number of hydrogen-bond acceptors (Lipinski definition) is 7. The summed E-state index contributed by atoms with van der Waals surface area (Å²) in [5, 5.41) is 3.05. The van der Waals surface area contributed by atoms with Gasteiger partial charge in [-0.05, 0) is 82.2 Å². The van der Waals surface area contributed by atoms with Crippen LogP contribution in [-0.2, 0) is 19.6 Å². The van der Waals surface area contributed by atoms with E-state index in [1.165, 1.54) is 30.2 Å². The smallest absolute Gasteiger partial charge is 0.247 e. The maximum Gasteiger partial charge on any atom is 0.247 e. The molecule has 2 aromatic carbocycles. The summed E-state index contributed by atoms with van der Waals surface area (Å²) in [6, 6.07) is 15.5. The maximum atomic E-state index is 13.6. The summed E-state index contributed by atoms with van der Waals surface area (Å²) in [6.45, 7) is 1.14. The van der Waals surface area contributed by atoms with Gasteiger partial charge >= 0.3 is 0 Å². The standard InChI is InChI=1S/C32H47N3O6S/c1-34(2)32(25-10-6-5-7-11-25)26-15-13-24(14-16-26)21-33-31(36)23-41-22-27-12-8-9-19-35(27)42(37,38)30-18-17-28(39-3)20-29(30)40-4/h5-7,10-11,17-18,20,24,26-27,32H,8-9,12-16,19,21-23H2,1-4H3,(H,33,36). The molecule has 0 radical (unpaired) electrons. The van der Waals surface area contributed by atoms with Gasteiger partial charge in [-0.25, -0.2) is 8.42 Å². The van der Waals surface area contributed by atoms with Crippen molar-refractivity contribution in [1.29, 1.82) is 0 Å². The topological polar surface area (TPSA) is 97.4 Å². The van der Waals surface area contributed by atoms with Gasteiger partial charge in [0.05, 0.1) is 20.8 Å². The van der Waals surface area contributed by atoms with Crippen molar-refractivity contribution >= 4 is 15.9 Å². The minimum absolute atomic E-state index is 0.0811. The first-order chi connectivity index (χ1) is 20.2. The van der Waals surface area contributed by atoms with Crippen molar-refractivity contribution in [3.63, 3.8) is 0 Å². The number of nitrogens with one attached hydrogen (secondary N) is 1. The van der Waals surface area contributed by atoms with Crippen molar-refractivity contribution in [2.24, 2.45) is 11.8 Å². The van der Waals surface area contributed by atoms with Gasteiger partial charge in [0.1, 0.15) is 23.0 Å². The molecule has 9 nitrogen and oxygen atoms in total. The van der Waals surface area contributed by atoms with Crippen LogP contribution in [0.4, 0.5) is 0 Å². The molecule has 42 heavy (non-hydrogen) atoms. The lowest BCUT2D eigenvalue weighted by Gasteiger charge is -2.37. The Hall–Kier alpha value is -2.66. The lowest BCUT2D eigenvalue weighted by molar-refractivity contribution is -0.126. The Labute approximate surface area is 251 Å². The number of ether oxygens (including phenoxy) is 3. The normalized spacial score (nSPS) is 22.5. The van der Waals surface area contributed by atoms with Gasteiger partial charge < -0.3 is 24.4 Å². The summed E-state index contributed by atoms with van der Waals surface area (Å²) >= 11 is 0. The molecule has 2 aliphatic rings. The molecule has 1 N–H and O–H groups in total. The third-order valence-corrected chi connectivity index (χ3v) is 10.7. The zero-order valence-electron chi connectivity index (χ0n) is 25.5. The number of rotatable bonds is 13. The SMILES string of the molecule is COc1ccc(S(=O)(=O)N2CCCCC2COCC(=O)NCC2CCC(C(c3ccccc3)N(C)C)CC2)c(OC)c1. The van der Waals surface area contributed by atoms with Crippen LogP contribution in [0.25, 0.3) is 0 Å². The van der Waals surface area contributed by atoms with Gasteiger partial charge in [0, 0.05) is 31.2 Å². The number of methoxy groups -OCH3 is 2. The average molecular weight is 602 g/mol. The monoisotopic (exact) mass is 601 g/mol. The molecule has 2 atom stereocenters. The summed E-state index contributed by atoms with van der Waals surface area (Å²) in [6.07, 6.45) is 6.82. The molecule has 0 aromatic heterocycles. The van der Waals surface area contributed by atoms with Crippen molar-refractivity contribution in [3.8, 4) is 11.5 Å². The fourth-order valence-electron chi connectivity index (χ4n) is 6.52. The molecule has 232 valence electrons. The lowest BCUT2D eigenvalue weighted by atomic mass is 9.76. The molecule has 1 heterocycles. The summed E-state index contributed by atoms with van der Waals surface area (Å²) in [7, 11) is 3.46. The molecule has 2 unspecified atom stereocenters. The van der Waals surface area contributed by atoms with E-state index >= 15 is 0 Å². The molecule has 10 heteroatoms. The third kappa shape index (κ3) is 8.03. The molecule has 1 amide bonds. The van der Waals surface area contributed by atoms with Crippen LogP contribution in [0.1, 0.15) is 56.6 Å². The predicted octanol–water partition coefficient (Wildman–Crippen LogP) is 4.49. The molecule has 1 saturated heterocycles. The molecule has 4 rings (SSSR count). The quantitative estimate of drug-likeness (QED) is 0.361. The van der Waals surface area contributed by atoms with Gasteiger partial charge in [-0.1, -0.05) is 36.8 Å². The molecule has 1 aliphatic carbocycles. The van der Waals surface area contributed by atoms with Gasteiger partial charge in [-0.15, -0.1) is 0 Å². The fourth-order valence-corrected chi connectivity index (χ4v) is 8.34. The van der Waals surface area contributed by atoms with Crippen LogP contribution < -0.4 is 14.8 Å². The molecule has 0 spiro atoms. The second-order valence-electron chi connectivity index (χ2n) is 11.7. The Morgan fingerprint density at radius 1 is 1.00 bits per heavy atom. The summed E-state index contributed by atoms with van der Waals surface area (Å²) in [4.78, 5) is 15.0. The van der Waals surface area contributed by atoms with E-state index in [4.69, 9.17) is 14.2 Å². The van der Waals surface area contributed by atoms with Crippen LogP contribution >= 0.6 is 0 Å². The first kappa shape index (κ1) is 32.3. The van der Waals surface area contributed by atoms with E-state index in [1.807, 2.05) is 0 Å². The van der Waals surface area contributed by atoms with E-state index in [-0.39, 0.29) is 35.8 Å². The van der Waals surface area contributed by atoms with Gasteiger partial charge in [0.2, 0.25) is 15.9 Å². The molecule has 2 aromatic rings. The molecular formula is C32H47N3O6S.